The normalized spacial score (nSPS) is 10.6. The van der Waals surface area contributed by atoms with Gasteiger partial charge in [-0.15, -0.1) is 0 Å². The second-order valence-electron chi connectivity index (χ2n) is 8.15. The van der Waals surface area contributed by atoms with Gasteiger partial charge in [-0.05, 0) is 54.6 Å². The summed E-state index contributed by atoms with van der Waals surface area (Å²) < 4.78 is 22.8. The van der Waals surface area contributed by atoms with Crippen molar-refractivity contribution < 1.29 is 23.4 Å². The summed E-state index contributed by atoms with van der Waals surface area (Å²) in [6, 6.07) is 26.8. The minimum absolute atomic E-state index is 0.287. The number of carbonyl (C=O) groups is 1. The molecule has 0 aliphatic carbocycles. The van der Waals surface area contributed by atoms with E-state index in [0.717, 1.165) is 0 Å². The number of hydrogen-bond donors (Lipinski definition) is 1. The van der Waals surface area contributed by atoms with E-state index in [9.17, 15) is 4.79 Å². The fraction of sp³-hybridized carbons (Fsp3) is 0.0667. The Bertz CT molecular complexity index is 1580. The third kappa shape index (κ3) is 5.33. The molecule has 1 heterocycles. The van der Waals surface area contributed by atoms with Gasteiger partial charge in [-0.1, -0.05) is 41.9 Å². The van der Waals surface area contributed by atoms with Gasteiger partial charge in [-0.3, -0.25) is 4.79 Å². The summed E-state index contributed by atoms with van der Waals surface area (Å²) in [6.45, 7) is 0. The first-order valence-electron chi connectivity index (χ1n) is 11.7. The van der Waals surface area contributed by atoms with Crippen LogP contribution < -0.4 is 19.5 Å². The van der Waals surface area contributed by atoms with Crippen LogP contribution in [0, 0.1) is 0 Å². The van der Waals surface area contributed by atoms with Gasteiger partial charge in [0.25, 0.3) is 5.91 Å². The molecule has 0 unspecified atom stereocenters. The monoisotopic (exact) mass is 526 g/mol. The summed E-state index contributed by atoms with van der Waals surface area (Å²) in [5.74, 6) is 2.72. The van der Waals surface area contributed by atoms with E-state index < -0.39 is 0 Å². The largest absolute Gasteiger partial charge is 0.497 e. The van der Waals surface area contributed by atoms with Crippen LogP contribution in [0.4, 0.5) is 5.69 Å². The molecule has 5 rings (SSSR count). The molecule has 4 aromatic carbocycles. The van der Waals surface area contributed by atoms with E-state index in [4.69, 9.17) is 30.2 Å². The predicted octanol–water partition coefficient (Wildman–Crippen LogP) is 7.72. The molecule has 0 bridgehead atoms. The van der Waals surface area contributed by atoms with Gasteiger partial charge >= 0.3 is 0 Å². The third-order valence-corrected chi connectivity index (χ3v) is 5.98. The molecule has 0 atom stereocenters. The van der Waals surface area contributed by atoms with Gasteiger partial charge in [0.15, 0.2) is 11.5 Å². The average Bonchev–Trinajstić information content (AvgIpc) is 3.44. The maximum absolute atomic E-state index is 13.5. The van der Waals surface area contributed by atoms with Crippen LogP contribution in [0.5, 0.6) is 23.0 Å². The maximum atomic E-state index is 13.5. The molecule has 1 aromatic heterocycles. The molecule has 0 saturated carbocycles. The molecule has 1 N–H and O–H groups in total. The van der Waals surface area contributed by atoms with Crippen molar-refractivity contribution in [2.24, 2.45) is 0 Å². The van der Waals surface area contributed by atoms with Crippen molar-refractivity contribution in [2.45, 2.75) is 0 Å². The number of oxazole rings is 1. The van der Waals surface area contributed by atoms with Gasteiger partial charge in [-0.2, -0.15) is 0 Å². The summed E-state index contributed by atoms with van der Waals surface area (Å²) in [4.78, 5) is 17.9. The number of aromatic nitrogens is 1. The number of ether oxygens (including phenoxy) is 3. The van der Waals surface area contributed by atoms with E-state index in [1.165, 1.54) is 0 Å². The van der Waals surface area contributed by atoms with Crippen LogP contribution in [-0.2, 0) is 0 Å². The Morgan fingerprint density at radius 1 is 0.816 bits per heavy atom. The Kier molecular flexibility index (Phi) is 7.28. The van der Waals surface area contributed by atoms with Gasteiger partial charge in [0, 0.05) is 16.7 Å². The van der Waals surface area contributed by atoms with E-state index in [2.05, 4.69) is 10.3 Å². The molecule has 0 fully saturated rings. The lowest BCUT2D eigenvalue weighted by molar-refractivity contribution is 0.102. The van der Waals surface area contributed by atoms with Gasteiger partial charge in [0.05, 0.1) is 37.2 Å². The number of amides is 1. The lowest BCUT2D eigenvalue weighted by atomic mass is 10.1. The van der Waals surface area contributed by atoms with Crippen molar-refractivity contribution in [3.05, 3.63) is 108 Å². The Balaban J connectivity index is 1.45. The molecule has 38 heavy (non-hydrogen) atoms. The van der Waals surface area contributed by atoms with Crippen molar-refractivity contribution in [1.82, 2.24) is 4.98 Å². The molecule has 5 aromatic rings. The highest BCUT2D eigenvalue weighted by Gasteiger charge is 2.20. The molecule has 8 heteroatoms. The summed E-state index contributed by atoms with van der Waals surface area (Å²) in [5, 5.41) is 3.37. The third-order valence-electron chi connectivity index (χ3n) is 5.74. The molecule has 190 valence electrons. The van der Waals surface area contributed by atoms with Crippen LogP contribution in [0.3, 0.4) is 0 Å². The Morgan fingerprint density at radius 2 is 1.61 bits per heavy atom. The van der Waals surface area contributed by atoms with Gasteiger partial charge in [0.2, 0.25) is 5.89 Å². The van der Waals surface area contributed by atoms with Crippen molar-refractivity contribution in [3.8, 4) is 45.8 Å². The molecule has 0 saturated heterocycles. The average molecular weight is 527 g/mol. The van der Waals surface area contributed by atoms with Crippen molar-refractivity contribution in [2.75, 3.05) is 19.5 Å². The zero-order valence-corrected chi connectivity index (χ0v) is 21.4. The van der Waals surface area contributed by atoms with Crippen LogP contribution in [0.1, 0.15) is 10.4 Å². The molecule has 0 radical (unpaired) electrons. The number of rotatable bonds is 8. The topological polar surface area (TPSA) is 82.8 Å². The fourth-order valence-corrected chi connectivity index (χ4v) is 4.06. The molecule has 0 spiro atoms. The van der Waals surface area contributed by atoms with Crippen LogP contribution >= 0.6 is 11.6 Å². The summed E-state index contributed by atoms with van der Waals surface area (Å²) in [5.41, 5.74) is 2.03. The van der Waals surface area contributed by atoms with Crippen LogP contribution in [-0.4, -0.2) is 25.1 Å². The summed E-state index contributed by atoms with van der Waals surface area (Å²) in [7, 11) is 3.16. The van der Waals surface area contributed by atoms with E-state index in [1.807, 2.05) is 48.5 Å². The first-order chi connectivity index (χ1) is 18.6. The van der Waals surface area contributed by atoms with Gasteiger partial charge in [0.1, 0.15) is 17.2 Å². The van der Waals surface area contributed by atoms with E-state index in [0.29, 0.717) is 56.2 Å². The summed E-state index contributed by atoms with van der Waals surface area (Å²) in [6.07, 6.45) is 1.59. The smallest absolute Gasteiger partial charge is 0.256 e. The quantitative estimate of drug-likeness (QED) is 0.223. The number of carbonyl (C=O) groups excluding carboxylic acids is 1. The minimum Gasteiger partial charge on any atom is -0.497 e. The number of methoxy groups -OCH3 is 2. The number of hydrogen-bond acceptors (Lipinski definition) is 6. The SMILES string of the molecule is COc1ccc(-c2cnc(-c3ccccc3C(=O)Nc3cc(Cl)ccc3Oc3ccccc3)o2)c(OC)c1. The number of halogens is 1. The number of nitrogens with one attached hydrogen (secondary N) is 1. The molecule has 7 nitrogen and oxygen atoms in total. The van der Waals surface area contributed by atoms with Crippen molar-refractivity contribution in [3.63, 3.8) is 0 Å². The second kappa shape index (κ2) is 11.1. The first kappa shape index (κ1) is 24.9. The molecule has 1 amide bonds. The van der Waals surface area contributed by atoms with Crippen LogP contribution in [0.2, 0.25) is 5.02 Å². The number of benzene rings is 4. The number of anilines is 1. The zero-order chi connectivity index (χ0) is 26.5. The van der Waals surface area contributed by atoms with Crippen molar-refractivity contribution >= 4 is 23.2 Å². The fourth-order valence-electron chi connectivity index (χ4n) is 3.89. The lowest BCUT2D eigenvalue weighted by Crippen LogP contribution is -2.14. The highest BCUT2D eigenvalue weighted by molar-refractivity contribution is 6.31. The molecular weight excluding hydrogens is 504 g/mol. The lowest BCUT2D eigenvalue weighted by Gasteiger charge is -2.14. The number of para-hydroxylation sites is 1. The highest BCUT2D eigenvalue weighted by atomic mass is 35.5. The number of nitrogens with zero attached hydrogens (tertiary/aromatic N) is 1. The standard InChI is InChI=1S/C30H23ClN2O5/c1-35-21-13-14-24(27(17-21)36-2)28-18-32-30(38-28)23-11-7-6-10-22(23)29(34)33-25-16-19(31)12-15-26(25)37-20-8-4-3-5-9-20/h3-18H,1-2H3,(H,33,34). The molecule has 0 aliphatic heterocycles. The zero-order valence-electron chi connectivity index (χ0n) is 20.6. The highest BCUT2D eigenvalue weighted by Crippen LogP contribution is 2.37. The van der Waals surface area contributed by atoms with Crippen LogP contribution in [0.15, 0.2) is 102 Å². The van der Waals surface area contributed by atoms with Gasteiger partial charge in [-0.25, -0.2) is 4.98 Å². The van der Waals surface area contributed by atoms with Gasteiger partial charge < -0.3 is 23.9 Å². The second-order valence-corrected chi connectivity index (χ2v) is 8.59. The predicted molar refractivity (Wildman–Crippen MR) is 146 cm³/mol. The Hall–Kier alpha value is -4.75. The first-order valence-corrected chi connectivity index (χ1v) is 12.0. The minimum atomic E-state index is -0.373. The Morgan fingerprint density at radius 3 is 2.39 bits per heavy atom. The Labute approximate surface area is 224 Å². The van der Waals surface area contributed by atoms with E-state index in [-0.39, 0.29) is 11.8 Å². The maximum Gasteiger partial charge on any atom is 0.256 e. The van der Waals surface area contributed by atoms with Crippen LogP contribution in [0.25, 0.3) is 22.8 Å². The summed E-state index contributed by atoms with van der Waals surface area (Å²) >= 11 is 6.23. The molecular formula is C30H23ClN2O5. The van der Waals surface area contributed by atoms with Crippen molar-refractivity contribution in [1.29, 1.82) is 0 Å². The van der Waals surface area contributed by atoms with E-state index in [1.54, 1.807) is 62.9 Å². The van der Waals surface area contributed by atoms with E-state index >= 15 is 0 Å². The molecule has 0 aliphatic rings.